The Morgan fingerprint density at radius 1 is 1.54 bits per heavy atom. The molecule has 72 valence electrons. The van der Waals surface area contributed by atoms with Gasteiger partial charge in [-0.3, -0.25) is 0 Å². The summed E-state index contributed by atoms with van der Waals surface area (Å²) in [5.74, 6) is 0.387. The second kappa shape index (κ2) is 3.10. The summed E-state index contributed by atoms with van der Waals surface area (Å²) in [5.41, 5.74) is 1.84. The summed E-state index contributed by atoms with van der Waals surface area (Å²) in [4.78, 5) is 0. The van der Waals surface area contributed by atoms with E-state index < -0.39 is 0 Å². The highest BCUT2D eigenvalue weighted by molar-refractivity contribution is 5.15. The molecule has 2 rings (SSSR count). The Bertz CT molecular complexity index is 302. The van der Waals surface area contributed by atoms with Crippen molar-refractivity contribution in [2.75, 3.05) is 0 Å². The van der Waals surface area contributed by atoms with E-state index in [-0.39, 0.29) is 6.61 Å². The van der Waals surface area contributed by atoms with Crippen LogP contribution in [0.5, 0.6) is 0 Å². The van der Waals surface area contributed by atoms with Crippen LogP contribution in [-0.2, 0) is 6.61 Å². The lowest BCUT2D eigenvalue weighted by atomic mass is 10.1. The molecule has 13 heavy (non-hydrogen) atoms. The maximum atomic E-state index is 9.07. The van der Waals surface area contributed by atoms with E-state index in [1.807, 2.05) is 4.68 Å². The minimum absolute atomic E-state index is 0.000231. The smallest absolute Gasteiger partial charge is 0.112 e. The van der Waals surface area contributed by atoms with Crippen molar-refractivity contribution in [2.45, 2.75) is 45.3 Å². The van der Waals surface area contributed by atoms with Crippen LogP contribution in [0.4, 0.5) is 0 Å². The minimum atomic E-state index is 0.000231. The zero-order chi connectivity index (χ0) is 9.42. The Kier molecular flexibility index (Phi) is 2.07. The predicted octanol–water partition coefficient (Wildman–Crippen LogP) is 1.23. The number of aliphatic hydroxyl groups is 1. The molecule has 1 aromatic heterocycles. The van der Waals surface area contributed by atoms with Gasteiger partial charge in [0.2, 0.25) is 0 Å². The van der Waals surface area contributed by atoms with Crippen LogP contribution in [0.15, 0.2) is 0 Å². The van der Waals surface area contributed by atoms with Crippen LogP contribution in [0.25, 0.3) is 0 Å². The van der Waals surface area contributed by atoms with E-state index in [1.165, 1.54) is 12.8 Å². The van der Waals surface area contributed by atoms with Crippen molar-refractivity contribution in [3.8, 4) is 0 Å². The number of aromatic nitrogens is 3. The number of aliphatic hydroxyl groups excluding tert-OH is 1. The third-order valence-corrected chi connectivity index (χ3v) is 2.39. The van der Waals surface area contributed by atoms with Crippen molar-refractivity contribution in [3.05, 3.63) is 11.4 Å². The third-order valence-electron chi connectivity index (χ3n) is 2.39. The molecular weight excluding hydrogens is 166 g/mol. The molecule has 0 bridgehead atoms. The van der Waals surface area contributed by atoms with Crippen LogP contribution in [0.2, 0.25) is 0 Å². The Labute approximate surface area is 77.6 Å². The van der Waals surface area contributed by atoms with Gasteiger partial charge < -0.3 is 5.11 Å². The monoisotopic (exact) mass is 181 g/mol. The first-order valence-electron chi connectivity index (χ1n) is 4.79. The highest BCUT2D eigenvalue weighted by Gasteiger charge is 2.29. The first-order valence-corrected chi connectivity index (χ1v) is 4.79. The highest BCUT2D eigenvalue weighted by atomic mass is 16.3. The van der Waals surface area contributed by atoms with Gasteiger partial charge in [-0.05, 0) is 18.8 Å². The molecule has 4 heteroatoms. The van der Waals surface area contributed by atoms with E-state index in [0.29, 0.717) is 12.0 Å². The van der Waals surface area contributed by atoms with Crippen LogP contribution in [0, 0.1) is 0 Å². The summed E-state index contributed by atoms with van der Waals surface area (Å²) in [6, 6.07) is 0.546. The lowest BCUT2D eigenvalue weighted by Gasteiger charge is -2.08. The number of rotatable bonds is 3. The van der Waals surface area contributed by atoms with Crippen molar-refractivity contribution in [1.29, 1.82) is 0 Å². The molecule has 4 nitrogen and oxygen atoms in total. The molecule has 0 radical (unpaired) electrons. The second-order valence-corrected chi connectivity index (χ2v) is 3.91. The summed E-state index contributed by atoms with van der Waals surface area (Å²) in [6.07, 6.45) is 2.40. The van der Waals surface area contributed by atoms with Crippen LogP contribution in [-0.4, -0.2) is 20.1 Å². The molecule has 1 aromatic rings. The van der Waals surface area contributed by atoms with Gasteiger partial charge in [-0.25, -0.2) is 4.68 Å². The van der Waals surface area contributed by atoms with Crippen molar-refractivity contribution in [1.82, 2.24) is 15.0 Å². The molecule has 1 saturated carbocycles. The zero-order valence-electron chi connectivity index (χ0n) is 8.06. The van der Waals surface area contributed by atoms with E-state index in [1.54, 1.807) is 0 Å². The van der Waals surface area contributed by atoms with E-state index in [0.717, 1.165) is 11.4 Å². The van der Waals surface area contributed by atoms with Gasteiger partial charge in [0.05, 0.1) is 18.3 Å². The Morgan fingerprint density at radius 2 is 2.23 bits per heavy atom. The van der Waals surface area contributed by atoms with Gasteiger partial charge in [0.25, 0.3) is 0 Å². The summed E-state index contributed by atoms with van der Waals surface area (Å²) in [5, 5.41) is 17.1. The summed E-state index contributed by atoms with van der Waals surface area (Å²) < 4.78 is 1.98. The standard InChI is InChI=1S/C9H15N3O/c1-6(2)9-8(5-13)10-11-12(9)7-3-4-7/h6-7,13H,3-5H2,1-2H3. The van der Waals surface area contributed by atoms with Crippen molar-refractivity contribution in [2.24, 2.45) is 0 Å². The van der Waals surface area contributed by atoms with Crippen LogP contribution in [0.1, 0.15) is 50.0 Å². The Balaban J connectivity index is 2.38. The van der Waals surface area contributed by atoms with Crippen LogP contribution < -0.4 is 0 Å². The topological polar surface area (TPSA) is 50.9 Å². The fraction of sp³-hybridized carbons (Fsp3) is 0.778. The normalized spacial score (nSPS) is 16.9. The van der Waals surface area contributed by atoms with E-state index in [2.05, 4.69) is 24.2 Å². The molecule has 1 aliphatic rings. The van der Waals surface area contributed by atoms with Gasteiger partial charge in [-0.1, -0.05) is 19.1 Å². The van der Waals surface area contributed by atoms with Gasteiger partial charge >= 0.3 is 0 Å². The average Bonchev–Trinajstić information content (AvgIpc) is 2.84. The Hall–Kier alpha value is -0.900. The molecule has 0 saturated heterocycles. The van der Waals surface area contributed by atoms with Gasteiger partial charge in [0.15, 0.2) is 0 Å². The predicted molar refractivity (Wildman–Crippen MR) is 48.3 cm³/mol. The third kappa shape index (κ3) is 1.46. The largest absolute Gasteiger partial charge is 0.390 e. The molecule has 1 fully saturated rings. The molecule has 0 atom stereocenters. The number of nitrogens with zero attached hydrogens (tertiary/aromatic N) is 3. The van der Waals surface area contributed by atoms with Gasteiger partial charge in [0, 0.05) is 0 Å². The van der Waals surface area contributed by atoms with Gasteiger partial charge in [-0.2, -0.15) is 0 Å². The van der Waals surface area contributed by atoms with E-state index >= 15 is 0 Å². The lowest BCUT2D eigenvalue weighted by molar-refractivity contribution is 0.275. The zero-order valence-corrected chi connectivity index (χ0v) is 8.06. The average molecular weight is 181 g/mol. The van der Waals surface area contributed by atoms with Crippen molar-refractivity contribution >= 4 is 0 Å². The quantitative estimate of drug-likeness (QED) is 0.763. The molecule has 0 unspecified atom stereocenters. The molecule has 0 aliphatic heterocycles. The van der Waals surface area contributed by atoms with Crippen molar-refractivity contribution < 1.29 is 5.11 Å². The molecule has 1 heterocycles. The fourth-order valence-electron chi connectivity index (χ4n) is 1.63. The molecule has 0 amide bonds. The van der Waals surface area contributed by atoms with Crippen LogP contribution in [0.3, 0.4) is 0 Å². The van der Waals surface area contributed by atoms with Gasteiger partial charge in [0.1, 0.15) is 5.69 Å². The van der Waals surface area contributed by atoms with Crippen molar-refractivity contribution in [3.63, 3.8) is 0 Å². The molecular formula is C9H15N3O. The van der Waals surface area contributed by atoms with E-state index in [4.69, 9.17) is 5.11 Å². The maximum absolute atomic E-state index is 9.07. The second-order valence-electron chi connectivity index (χ2n) is 3.91. The van der Waals surface area contributed by atoms with Crippen LogP contribution >= 0.6 is 0 Å². The van der Waals surface area contributed by atoms with E-state index in [9.17, 15) is 0 Å². The van der Waals surface area contributed by atoms with Gasteiger partial charge in [-0.15, -0.1) is 5.10 Å². The first-order chi connectivity index (χ1) is 6.24. The molecule has 0 spiro atoms. The maximum Gasteiger partial charge on any atom is 0.112 e. The molecule has 0 aromatic carbocycles. The Morgan fingerprint density at radius 3 is 2.69 bits per heavy atom. The SMILES string of the molecule is CC(C)c1c(CO)nnn1C1CC1. The summed E-state index contributed by atoms with van der Waals surface area (Å²) in [7, 11) is 0. The lowest BCUT2D eigenvalue weighted by Crippen LogP contribution is -2.05. The number of hydrogen-bond donors (Lipinski definition) is 1. The number of hydrogen-bond acceptors (Lipinski definition) is 3. The summed E-state index contributed by atoms with van der Waals surface area (Å²) >= 11 is 0. The first kappa shape index (κ1) is 8.69. The fourth-order valence-corrected chi connectivity index (χ4v) is 1.63. The minimum Gasteiger partial charge on any atom is -0.390 e. The molecule has 1 N–H and O–H groups in total. The molecule has 1 aliphatic carbocycles. The highest BCUT2D eigenvalue weighted by Crippen LogP contribution is 2.37. The summed E-state index contributed by atoms with van der Waals surface area (Å²) in [6.45, 7) is 4.22.